The van der Waals surface area contributed by atoms with E-state index < -0.39 is 0 Å². The third-order valence-electron chi connectivity index (χ3n) is 13.8. The summed E-state index contributed by atoms with van der Waals surface area (Å²) in [6, 6.07) is 66.5. The van der Waals surface area contributed by atoms with Gasteiger partial charge < -0.3 is 9.80 Å². The van der Waals surface area contributed by atoms with Crippen molar-refractivity contribution in [3.05, 3.63) is 211 Å². The minimum Gasteiger partial charge on any atom is -0.334 e. The van der Waals surface area contributed by atoms with Gasteiger partial charge in [-0.15, -0.1) is 11.3 Å². The van der Waals surface area contributed by atoms with E-state index in [-0.39, 0.29) is 11.5 Å². The highest BCUT2D eigenvalue weighted by Crippen LogP contribution is 2.54. The summed E-state index contributed by atoms with van der Waals surface area (Å²) in [5.74, 6) is 0. The number of rotatable bonds is 5. The molecule has 2 aliphatic carbocycles. The number of hydrogen-bond donors (Lipinski definition) is 0. The van der Waals surface area contributed by atoms with Gasteiger partial charge in [-0.2, -0.15) is 0 Å². The normalized spacial score (nSPS) is 15.6. The molecule has 1 aliphatic heterocycles. The van der Waals surface area contributed by atoms with E-state index >= 15 is 0 Å². The van der Waals surface area contributed by atoms with Crippen LogP contribution in [0.2, 0.25) is 0 Å². The monoisotopic (exact) mass is 810 g/mol. The van der Waals surface area contributed by atoms with Crippen LogP contribution in [0.5, 0.6) is 0 Å². The molecule has 294 valence electrons. The van der Waals surface area contributed by atoms with Crippen molar-refractivity contribution in [3.8, 4) is 33.4 Å². The summed E-state index contributed by atoms with van der Waals surface area (Å²) in [5.41, 5.74) is 16.3. The van der Waals surface area contributed by atoms with Crippen LogP contribution in [0, 0.1) is 0 Å². The maximum Gasteiger partial charge on any atom is 0.0559 e. The van der Waals surface area contributed by atoms with Gasteiger partial charge in [0.2, 0.25) is 0 Å². The minimum absolute atomic E-state index is 0.189. The molecule has 0 N–H and O–H groups in total. The lowest BCUT2D eigenvalue weighted by Gasteiger charge is -2.34. The Balaban J connectivity index is 0.902. The summed E-state index contributed by atoms with van der Waals surface area (Å²) >= 11 is 1.89. The van der Waals surface area contributed by atoms with Crippen LogP contribution in [0.1, 0.15) is 31.4 Å². The van der Waals surface area contributed by atoms with Crippen LogP contribution in [0.25, 0.3) is 75.1 Å². The molecule has 62 heavy (non-hydrogen) atoms. The van der Waals surface area contributed by atoms with Crippen molar-refractivity contribution in [3.63, 3.8) is 0 Å². The van der Waals surface area contributed by atoms with Crippen LogP contribution in [-0.4, -0.2) is 6.04 Å². The van der Waals surface area contributed by atoms with Gasteiger partial charge in [-0.05, 0) is 128 Å². The van der Waals surface area contributed by atoms with Gasteiger partial charge in [0, 0.05) is 53.6 Å². The van der Waals surface area contributed by atoms with E-state index in [1.165, 1.54) is 115 Å². The Kier molecular flexibility index (Phi) is 7.68. The van der Waals surface area contributed by atoms with Gasteiger partial charge in [-0.3, -0.25) is 0 Å². The number of benzene rings is 9. The maximum absolute atomic E-state index is 2.56. The van der Waals surface area contributed by atoms with E-state index in [1.54, 1.807) is 0 Å². The summed E-state index contributed by atoms with van der Waals surface area (Å²) in [4.78, 5) is 5.02. The standard InChI is InChI=1S/C59H42N2S/c1-59(2)52-34-41(40-24-31-54-51(33-40)50-19-10-14-38-15-11-20-55(58(38)50)61(54)43-25-22-37-12-6-7-13-39(37)32-43)23-28-46(52)47-29-26-44(35-53(47)59)60(42-16-4-3-5-17-42)45-27-30-49-48-18-8-9-21-56(48)62-57(49)36-45/h3-16,18-36,42H,17H2,1-2H3. The van der Waals surface area contributed by atoms with Crippen molar-refractivity contribution in [1.82, 2.24) is 0 Å². The molecule has 13 rings (SSSR count). The zero-order valence-corrected chi connectivity index (χ0v) is 35.5. The Morgan fingerprint density at radius 1 is 0.516 bits per heavy atom. The predicted octanol–water partition coefficient (Wildman–Crippen LogP) is 16.8. The van der Waals surface area contributed by atoms with Gasteiger partial charge in [0.05, 0.1) is 17.4 Å². The van der Waals surface area contributed by atoms with Gasteiger partial charge >= 0.3 is 0 Å². The molecule has 0 radical (unpaired) electrons. The van der Waals surface area contributed by atoms with Crippen LogP contribution >= 0.6 is 11.3 Å². The lowest BCUT2D eigenvalue weighted by Crippen LogP contribution is -2.30. The van der Waals surface area contributed by atoms with Gasteiger partial charge in [-0.1, -0.05) is 147 Å². The molecule has 3 heteroatoms. The first-order valence-electron chi connectivity index (χ1n) is 21.8. The number of anilines is 5. The van der Waals surface area contributed by atoms with Crippen molar-refractivity contribution >= 4 is 81.5 Å². The fourth-order valence-corrected chi connectivity index (χ4v) is 11.9. The van der Waals surface area contributed by atoms with E-state index in [4.69, 9.17) is 0 Å². The van der Waals surface area contributed by atoms with E-state index in [0.29, 0.717) is 0 Å². The van der Waals surface area contributed by atoms with E-state index in [1.807, 2.05) is 11.3 Å². The second kappa shape index (κ2) is 13.4. The first-order valence-corrected chi connectivity index (χ1v) is 22.6. The molecule has 0 saturated heterocycles. The fraction of sp³-hybridized carbons (Fsp3) is 0.0847. The highest BCUT2D eigenvalue weighted by atomic mass is 32.1. The second-order valence-electron chi connectivity index (χ2n) is 17.7. The van der Waals surface area contributed by atoms with Crippen molar-refractivity contribution < 1.29 is 0 Å². The van der Waals surface area contributed by atoms with Gasteiger partial charge in [0.1, 0.15) is 0 Å². The fourth-order valence-electron chi connectivity index (χ4n) is 10.8. The smallest absolute Gasteiger partial charge is 0.0559 e. The average Bonchev–Trinajstić information content (AvgIpc) is 3.80. The van der Waals surface area contributed by atoms with Crippen LogP contribution in [0.4, 0.5) is 28.4 Å². The molecule has 9 aromatic carbocycles. The molecule has 10 aromatic rings. The Morgan fingerprint density at radius 3 is 2.13 bits per heavy atom. The van der Waals surface area contributed by atoms with Crippen molar-refractivity contribution in [1.29, 1.82) is 0 Å². The molecule has 0 spiro atoms. The zero-order valence-electron chi connectivity index (χ0n) is 34.6. The highest BCUT2D eigenvalue weighted by Gasteiger charge is 2.37. The summed E-state index contributed by atoms with van der Waals surface area (Å²) in [7, 11) is 0. The molecule has 0 bridgehead atoms. The lowest BCUT2D eigenvalue weighted by atomic mass is 9.81. The Hall–Kier alpha value is -7.20. The largest absolute Gasteiger partial charge is 0.334 e. The molecule has 1 aromatic heterocycles. The molecular formula is C59H42N2S. The van der Waals surface area contributed by atoms with Crippen LogP contribution in [0.3, 0.4) is 0 Å². The number of fused-ring (bicyclic) bond motifs is 9. The van der Waals surface area contributed by atoms with E-state index in [0.717, 1.165) is 6.42 Å². The quantitative estimate of drug-likeness (QED) is 0.171. The minimum atomic E-state index is -0.189. The molecular weight excluding hydrogens is 769 g/mol. The Bertz CT molecular complexity index is 3560. The highest BCUT2D eigenvalue weighted by molar-refractivity contribution is 7.25. The number of hydrogen-bond acceptors (Lipinski definition) is 3. The van der Waals surface area contributed by atoms with Gasteiger partial charge in [-0.25, -0.2) is 0 Å². The molecule has 1 unspecified atom stereocenters. The van der Waals surface area contributed by atoms with Crippen molar-refractivity contribution in [2.24, 2.45) is 0 Å². The van der Waals surface area contributed by atoms with Crippen LogP contribution < -0.4 is 9.80 Å². The van der Waals surface area contributed by atoms with E-state index in [2.05, 4.69) is 224 Å². The van der Waals surface area contributed by atoms with Crippen molar-refractivity contribution in [2.45, 2.75) is 31.7 Å². The number of thiophene rings is 1. The second-order valence-corrected chi connectivity index (χ2v) is 18.7. The molecule has 2 heterocycles. The molecule has 2 nitrogen and oxygen atoms in total. The number of nitrogens with zero attached hydrogens (tertiary/aromatic N) is 2. The third kappa shape index (κ3) is 5.28. The van der Waals surface area contributed by atoms with Crippen LogP contribution in [0.15, 0.2) is 200 Å². The number of allylic oxidation sites excluding steroid dienone is 2. The topological polar surface area (TPSA) is 6.48 Å². The first-order chi connectivity index (χ1) is 30.5. The summed E-state index contributed by atoms with van der Waals surface area (Å²) in [6.07, 6.45) is 9.99. The predicted molar refractivity (Wildman–Crippen MR) is 266 cm³/mol. The molecule has 0 fully saturated rings. The summed E-state index contributed by atoms with van der Waals surface area (Å²) in [6.45, 7) is 4.82. The summed E-state index contributed by atoms with van der Waals surface area (Å²) in [5, 5.41) is 7.72. The summed E-state index contributed by atoms with van der Waals surface area (Å²) < 4.78 is 2.67. The first kappa shape index (κ1) is 35.5. The van der Waals surface area contributed by atoms with Gasteiger partial charge in [0.25, 0.3) is 0 Å². The van der Waals surface area contributed by atoms with Crippen LogP contribution in [-0.2, 0) is 5.41 Å². The van der Waals surface area contributed by atoms with Crippen molar-refractivity contribution in [2.75, 3.05) is 9.80 Å². The molecule has 0 saturated carbocycles. The Labute approximate surface area is 365 Å². The average molecular weight is 811 g/mol. The van der Waals surface area contributed by atoms with Gasteiger partial charge in [0.15, 0.2) is 0 Å². The molecule has 1 atom stereocenters. The Morgan fingerprint density at radius 2 is 1.24 bits per heavy atom. The SMILES string of the molecule is CC1(C)c2cc(-c3ccc4c(c3)-c3cccc5cccc(c35)N4c3ccc4ccccc4c3)ccc2-c2ccc(N(c3ccc4c(c3)sc3ccccc34)C3C=CC=CC3)cc21. The maximum atomic E-state index is 2.56. The third-order valence-corrected chi connectivity index (χ3v) is 15.0. The lowest BCUT2D eigenvalue weighted by molar-refractivity contribution is 0.660. The molecule has 3 aliphatic rings. The zero-order chi connectivity index (χ0) is 41.1. The van der Waals surface area contributed by atoms with E-state index in [9.17, 15) is 0 Å². The molecule has 0 amide bonds.